The summed E-state index contributed by atoms with van der Waals surface area (Å²) in [4.78, 5) is 23.2. The molecule has 20 heavy (non-hydrogen) atoms. The van der Waals surface area contributed by atoms with E-state index < -0.39 is 5.91 Å². The average molecular weight is 282 g/mol. The molecule has 1 aromatic carbocycles. The maximum absolute atomic E-state index is 11.8. The van der Waals surface area contributed by atoms with Gasteiger partial charge in [0.05, 0.1) is 25.8 Å². The molecule has 0 aliphatic rings. The third kappa shape index (κ3) is 4.77. The first-order chi connectivity index (χ1) is 9.58. The highest BCUT2D eigenvalue weighted by Crippen LogP contribution is 2.22. The van der Waals surface area contributed by atoms with E-state index in [-0.39, 0.29) is 23.8 Å². The summed E-state index contributed by atoms with van der Waals surface area (Å²) < 4.78 is 9.69. The summed E-state index contributed by atoms with van der Waals surface area (Å²) >= 11 is 0. The molecule has 0 heterocycles. The number of phenolic OH excluding ortho intramolecular Hbond substituents is 1. The molecule has 0 spiro atoms. The van der Waals surface area contributed by atoms with Crippen molar-refractivity contribution in [1.82, 2.24) is 10.6 Å². The molecule has 0 unspecified atom stereocenters. The number of carbonyl (C=O) groups excluding carboxylic acids is 2. The number of benzene rings is 1. The van der Waals surface area contributed by atoms with Crippen LogP contribution in [0.3, 0.4) is 0 Å². The van der Waals surface area contributed by atoms with Gasteiger partial charge in [0.15, 0.2) is 0 Å². The Morgan fingerprint density at radius 3 is 2.60 bits per heavy atom. The van der Waals surface area contributed by atoms with Crippen molar-refractivity contribution in [2.45, 2.75) is 0 Å². The van der Waals surface area contributed by atoms with E-state index >= 15 is 0 Å². The Kier molecular flexibility index (Phi) is 6.31. The molecule has 2 amide bonds. The van der Waals surface area contributed by atoms with Crippen LogP contribution in [0.5, 0.6) is 11.5 Å². The van der Waals surface area contributed by atoms with Crippen LogP contribution in [0.4, 0.5) is 0 Å². The molecule has 0 fully saturated rings. The van der Waals surface area contributed by atoms with E-state index in [1.165, 1.54) is 26.4 Å². The van der Waals surface area contributed by atoms with Crippen LogP contribution >= 0.6 is 0 Å². The van der Waals surface area contributed by atoms with Gasteiger partial charge in [-0.25, -0.2) is 0 Å². The maximum atomic E-state index is 11.8. The second-order valence-corrected chi connectivity index (χ2v) is 3.91. The summed E-state index contributed by atoms with van der Waals surface area (Å²) in [5.41, 5.74) is 0.0792. The lowest BCUT2D eigenvalue weighted by molar-refractivity contribution is -0.120. The van der Waals surface area contributed by atoms with Crippen molar-refractivity contribution >= 4 is 11.8 Å². The summed E-state index contributed by atoms with van der Waals surface area (Å²) in [6.07, 6.45) is 0. The number of hydrogen-bond acceptors (Lipinski definition) is 5. The van der Waals surface area contributed by atoms with Crippen LogP contribution in [0.15, 0.2) is 18.2 Å². The number of hydrogen-bond donors (Lipinski definition) is 3. The molecule has 0 radical (unpaired) electrons. The average Bonchev–Trinajstić information content (AvgIpc) is 2.44. The van der Waals surface area contributed by atoms with Crippen molar-refractivity contribution < 1.29 is 24.2 Å². The predicted octanol–water partition coefficient (Wildman–Crippen LogP) is -0.107. The largest absolute Gasteiger partial charge is 0.507 e. The number of methoxy groups -OCH3 is 2. The van der Waals surface area contributed by atoms with Crippen molar-refractivity contribution in [3.63, 3.8) is 0 Å². The zero-order valence-electron chi connectivity index (χ0n) is 11.4. The Bertz CT molecular complexity index is 476. The van der Waals surface area contributed by atoms with Gasteiger partial charge in [0.25, 0.3) is 5.91 Å². The Labute approximate surface area is 116 Å². The van der Waals surface area contributed by atoms with Crippen molar-refractivity contribution in [3.05, 3.63) is 23.8 Å². The minimum atomic E-state index is -0.535. The molecular weight excluding hydrogens is 264 g/mol. The maximum Gasteiger partial charge on any atom is 0.255 e. The lowest BCUT2D eigenvalue weighted by Gasteiger charge is -2.08. The van der Waals surface area contributed by atoms with Crippen LogP contribution in [0.2, 0.25) is 0 Å². The van der Waals surface area contributed by atoms with Crippen LogP contribution in [0.1, 0.15) is 10.4 Å². The van der Waals surface area contributed by atoms with Crippen LogP contribution in [-0.4, -0.2) is 50.8 Å². The molecular formula is C13H18N2O5. The van der Waals surface area contributed by atoms with E-state index in [1.54, 1.807) is 6.07 Å². The van der Waals surface area contributed by atoms with E-state index in [0.29, 0.717) is 18.9 Å². The first-order valence-corrected chi connectivity index (χ1v) is 5.99. The van der Waals surface area contributed by atoms with Gasteiger partial charge in [-0.3, -0.25) is 9.59 Å². The molecule has 0 aliphatic heterocycles. The SMILES string of the molecule is COCCNC(=O)CNC(=O)c1ccc(OC)cc1O. The number of carbonyl (C=O) groups is 2. The molecule has 1 rings (SSSR count). The van der Waals surface area contributed by atoms with Gasteiger partial charge in [0, 0.05) is 19.7 Å². The van der Waals surface area contributed by atoms with Gasteiger partial charge < -0.3 is 25.2 Å². The molecule has 1 aromatic rings. The minimum absolute atomic E-state index is 0.0792. The van der Waals surface area contributed by atoms with E-state index in [2.05, 4.69) is 10.6 Å². The number of ether oxygens (including phenoxy) is 2. The first-order valence-electron chi connectivity index (χ1n) is 5.99. The molecule has 0 aliphatic carbocycles. The topological polar surface area (TPSA) is 96.9 Å². The summed E-state index contributed by atoms with van der Waals surface area (Å²) in [5, 5.41) is 14.6. The summed E-state index contributed by atoms with van der Waals surface area (Å²) in [6.45, 7) is 0.603. The minimum Gasteiger partial charge on any atom is -0.507 e. The highest BCUT2D eigenvalue weighted by Gasteiger charge is 2.12. The second-order valence-electron chi connectivity index (χ2n) is 3.91. The Morgan fingerprint density at radius 1 is 1.25 bits per heavy atom. The van der Waals surface area contributed by atoms with Crippen LogP contribution in [-0.2, 0) is 9.53 Å². The van der Waals surface area contributed by atoms with Crippen molar-refractivity contribution in [3.8, 4) is 11.5 Å². The summed E-state index contributed by atoms with van der Waals surface area (Å²) in [7, 11) is 2.99. The lowest BCUT2D eigenvalue weighted by atomic mass is 10.2. The van der Waals surface area contributed by atoms with E-state index in [4.69, 9.17) is 9.47 Å². The van der Waals surface area contributed by atoms with E-state index in [9.17, 15) is 14.7 Å². The normalized spacial score (nSPS) is 9.90. The molecule has 7 heteroatoms. The molecule has 0 aromatic heterocycles. The molecule has 0 saturated carbocycles. The van der Waals surface area contributed by atoms with Crippen LogP contribution in [0, 0.1) is 0 Å². The van der Waals surface area contributed by atoms with Crippen LogP contribution in [0.25, 0.3) is 0 Å². The fourth-order valence-corrected chi connectivity index (χ4v) is 1.44. The quantitative estimate of drug-likeness (QED) is 0.606. The molecule has 0 saturated heterocycles. The van der Waals surface area contributed by atoms with Crippen molar-refractivity contribution in [2.75, 3.05) is 33.9 Å². The Hall–Kier alpha value is -2.28. The Morgan fingerprint density at radius 2 is 2.00 bits per heavy atom. The highest BCUT2D eigenvalue weighted by atomic mass is 16.5. The third-order valence-corrected chi connectivity index (χ3v) is 2.49. The number of amides is 2. The third-order valence-electron chi connectivity index (χ3n) is 2.49. The molecule has 0 atom stereocenters. The summed E-state index contributed by atoms with van der Waals surface area (Å²) in [5.74, 6) is -0.631. The fraction of sp³-hybridized carbons (Fsp3) is 0.385. The number of rotatable bonds is 7. The Balaban J connectivity index is 2.48. The highest BCUT2D eigenvalue weighted by molar-refractivity contribution is 5.98. The van der Waals surface area contributed by atoms with Gasteiger partial charge in [0.1, 0.15) is 11.5 Å². The number of phenols is 1. The number of nitrogens with one attached hydrogen (secondary N) is 2. The molecule has 0 bridgehead atoms. The van der Waals surface area contributed by atoms with Gasteiger partial charge in [-0.15, -0.1) is 0 Å². The van der Waals surface area contributed by atoms with Crippen LogP contribution < -0.4 is 15.4 Å². The summed E-state index contributed by atoms with van der Waals surface area (Å²) in [6, 6.07) is 4.30. The smallest absolute Gasteiger partial charge is 0.255 e. The van der Waals surface area contributed by atoms with E-state index in [1.807, 2.05) is 0 Å². The van der Waals surface area contributed by atoms with E-state index in [0.717, 1.165) is 0 Å². The standard InChI is InChI=1S/C13H18N2O5/c1-19-6-5-14-12(17)8-15-13(18)10-4-3-9(20-2)7-11(10)16/h3-4,7,16H,5-6,8H2,1-2H3,(H,14,17)(H,15,18). The van der Waals surface area contributed by atoms with Gasteiger partial charge in [-0.05, 0) is 12.1 Å². The van der Waals surface area contributed by atoms with Crippen molar-refractivity contribution in [1.29, 1.82) is 0 Å². The predicted molar refractivity (Wildman–Crippen MR) is 71.9 cm³/mol. The molecule has 110 valence electrons. The lowest BCUT2D eigenvalue weighted by Crippen LogP contribution is -2.38. The molecule has 7 nitrogen and oxygen atoms in total. The van der Waals surface area contributed by atoms with Gasteiger partial charge in [-0.2, -0.15) is 0 Å². The van der Waals surface area contributed by atoms with Crippen molar-refractivity contribution in [2.24, 2.45) is 0 Å². The zero-order chi connectivity index (χ0) is 15.0. The van der Waals surface area contributed by atoms with Gasteiger partial charge >= 0.3 is 0 Å². The van der Waals surface area contributed by atoms with Gasteiger partial charge in [0.2, 0.25) is 5.91 Å². The second kappa shape index (κ2) is 8.00. The number of aromatic hydroxyl groups is 1. The zero-order valence-corrected chi connectivity index (χ0v) is 11.4. The first kappa shape index (κ1) is 15.8. The van der Waals surface area contributed by atoms with Gasteiger partial charge in [-0.1, -0.05) is 0 Å². The monoisotopic (exact) mass is 282 g/mol. The fourth-order valence-electron chi connectivity index (χ4n) is 1.44. The molecule has 3 N–H and O–H groups in total.